The van der Waals surface area contributed by atoms with Gasteiger partial charge in [0.25, 0.3) is 5.91 Å². The van der Waals surface area contributed by atoms with Crippen molar-refractivity contribution >= 4 is 40.3 Å². The Bertz CT molecular complexity index is 1070. The molecule has 0 saturated heterocycles. The predicted octanol–water partition coefficient (Wildman–Crippen LogP) is 3.55. The van der Waals surface area contributed by atoms with Crippen molar-refractivity contribution in [2.24, 2.45) is 9.98 Å². The zero-order chi connectivity index (χ0) is 23.2. The molecule has 0 aliphatic carbocycles. The first-order valence-corrected chi connectivity index (χ1v) is 12.1. The quantitative estimate of drug-likeness (QED) is 0.576. The maximum absolute atomic E-state index is 13.5. The van der Waals surface area contributed by atoms with E-state index in [9.17, 15) is 9.59 Å². The van der Waals surface area contributed by atoms with Crippen LogP contribution >= 0.6 is 11.8 Å². The second kappa shape index (κ2) is 10.8. The molecular weight excluding hydrogens is 436 g/mol. The zero-order valence-corrected chi connectivity index (χ0v) is 19.7. The number of carbonyl (C=O) groups is 2. The van der Waals surface area contributed by atoms with Crippen molar-refractivity contribution in [3.05, 3.63) is 65.7 Å². The molecule has 2 aliphatic rings. The molecule has 2 aliphatic heterocycles. The van der Waals surface area contributed by atoms with E-state index in [4.69, 9.17) is 14.7 Å². The van der Waals surface area contributed by atoms with E-state index in [0.717, 1.165) is 23.2 Å². The Labute approximate surface area is 198 Å². The highest BCUT2D eigenvalue weighted by Crippen LogP contribution is 2.35. The molecule has 2 unspecified atom stereocenters. The molecule has 1 N–H and O–H groups in total. The van der Waals surface area contributed by atoms with Crippen LogP contribution in [0.4, 0.5) is 5.69 Å². The summed E-state index contributed by atoms with van der Waals surface area (Å²) in [6.45, 7) is 3.11. The lowest BCUT2D eigenvalue weighted by Crippen LogP contribution is -2.43. The molecule has 33 heavy (non-hydrogen) atoms. The average molecular weight is 465 g/mol. The summed E-state index contributed by atoms with van der Waals surface area (Å²) >= 11 is 1.32. The summed E-state index contributed by atoms with van der Waals surface area (Å²) < 4.78 is 5.04. The number of methoxy groups -OCH3 is 1. The highest BCUT2D eigenvalue weighted by molar-refractivity contribution is 8.15. The van der Waals surface area contributed by atoms with Gasteiger partial charge in [0, 0.05) is 32.2 Å². The van der Waals surface area contributed by atoms with Crippen molar-refractivity contribution in [1.29, 1.82) is 0 Å². The van der Waals surface area contributed by atoms with Gasteiger partial charge in [-0.2, -0.15) is 0 Å². The Morgan fingerprint density at radius 3 is 2.70 bits per heavy atom. The second-order valence-corrected chi connectivity index (χ2v) is 9.07. The summed E-state index contributed by atoms with van der Waals surface area (Å²) in [7, 11) is 1.64. The summed E-state index contributed by atoms with van der Waals surface area (Å²) in [6, 6.07) is 17.1. The number of amides is 2. The highest BCUT2D eigenvalue weighted by Gasteiger charge is 2.42. The Morgan fingerprint density at radius 2 is 1.94 bits per heavy atom. The summed E-state index contributed by atoms with van der Waals surface area (Å²) in [4.78, 5) is 37.4. The van der Waals surface area contributed by atoms with Crippen molar-refractivity contribution in [3.63, 3.8) is 0 Å². The topological polar surface area (TPSA) is 83.4 Å². The zero-order valence-electron chi connectivity index (χ0n) is 18.9. The maximum Gasteiger partial charge on any atom is 0.259 e. The van der Waals surface area contributed by atoms with Gasteiger partial charge in [0.15, 0.2) is 5.17 Å². The van der Waals surface area contributed by atoms with Gasteiger partial charge in [-0.25, -0.2) is 9.89 Å². The number of nitrogens with zero attached hydrogens (tertiary/aromatic N) is 3. The lowest BCUT2D eigenvalue weighted by molar-refractivity contribution is -0.124. The third-order valence-electron chi connectivity index (χ3n) is 5.55. The number of ether oxygens (including phenoxy) is 1. The number of nitrogens with one attached hydrogen (secondary N) is 1. The number of fused-ring (bicyclic) bond motifs is 3. The molecule has 4 rings (SSSR count). The Morgan fingerprint density at radius 1 is 1.18 bits per heavy atom. The SMILES string of the molecule is CCC(SC1=Nc2ccccc2C2=NC(Cc3ccccc3)C(=O)N12)C(=O)NCCCOC. The molecule has 0 fully saturated rings. The first kappa shape index (κ1) is 23.2. The van der Waals surface area contributed by atoms with Crippen LogP contribution in [0.5, 0.6) is 0 Å². The summed E-state index contributed by atoms with van der Waals surface area (Å²) in [5, 5.41) is 3.11. The number of amidine groups is 2. The number of benzene rings is 2. The van der Waals surface area contributed by atoms with Gasteiger partial charge in [0.05, 0.1) is 10.9 Å². The van der Waals surface area contributed by atoms with Crippen LogP contribution in [0.2, 0.25) is 0 Å². The van der Waals surface area contributed by atoms with Gasteiger partial charge in [-0.1, -0.05) is 61.2 Å². The van der Waals surface area contributed by atoms with Gasteiger partial charge in [0.1, 0.15) is 11.9 Å². The van der Waals surface area contributed by atoms with E-state index in [2.05, 4.69) is 5.32 Å². The third kappa shape index (κ3) is 5.17. The molecule has 0 bridgehead atoms. The smallest absolute Gasteiger partial charge is 0.259 e. The number of hydrogen-bond acceptors (Lipinski definition) is 6. The Hall–Kier alpha value is -2.97. The highest BCUT2D eigenvalue weighted by atomic mass is 32.2. The van der Waals surface area contributed by atoms with E-state index >= 15 is 0 Å². The first-order chi connectivity index (χ1) is 16.1. The molecule has 8 heteroatoms. The fourth-order valence-electron chi connectivity index (χ4n) is 3.84. The standard InChI is InChI=1S/C25H28N4O3S/c1-3-21(23(30)26-14-9-15-32-2)33-25-28-19-13-8-7-12-18(19)22-27-20(24(31)29(22)25)16-17-10-5-4-6-11-17/h4-8,10-13,20-21H,3,9,14-16H2,1-2H3,(H,26,30). The van der Waals surface area contributed by atoms with Crippen LogP contribution in [0.25, 0.3) is 0 Å². The van der Waals surface area contributed by atoms with Gasteiger partial charge >= 0.3 is 0 Å². The molecule has 7 nitrogen and oxygen atoms in total. The monoisotopic (exact) mass is 464 g/mol. The summed E-state index contributed by atoms with van der Waals surface area (Å²) in [6.07, 6.45) is 1.89. The maximum atomic E-state index is 13.5. The fourth-order valence-corrected chi connectivity index (χ4v) is 4.89. The van der Waals surface area contributed by atoms with E-state index in [-0.39, 0.29) is 17.1 Å². The summed E-state index contributed by atoms with van der Waals surface area (Å²) in [5.41, 5.74) is 2.66. The summed E-state index contributed by atoms with van der Waals surface area (Å²) in [5.74, 6) is 0.445. The largest absolute Gasteiger partial charge is 0.385 e. The van der Waals surface area contributed by atoms with Crippen LogP contribution in [-0.4, -0.2) is 59.3 Å². The number of thioether (sulfide) groups is 1. The molecule has 2 aromatic carbocycles. The van der Waals surface area contributed by atoms with Gasteiger partial charge in [-0.05, 0) is 30.5 Å². The number of para-hydroxylation sites is 1. The minimum Gasteiger partial charge on any atom is -0.385 e. The van der Waals surface area contributed by atoms with Crippen LogP contribution in [0.15, 0.2) is 64.6 Å². The van der Waals surface area contributed by atoms with Crippen LogP contribution in [0.1, 0.15) is 30.9 Å². The Balaban J connectivity index is 1.57. The number of hydrogen-bond donors (Lipinski definition) is 1. The minimum absolute atomic E-state index is 0.0638. The van der Waals surface area contributed by atoms with E-state index in [1.807, 2.05) is 61.5 Å². The lowest BCUT2D eigenvalue weighted by atomic mass is 10.1. The first-order valence-electron chi connectivity index (χ1n) is 11.2. The molecule has 172 valence electrons. The number of rotatable bonds is 9. The van der Waals surface area contributed by atoms with Gasteiger partial charge in [0.2, 0.25) is 5.91 Å². The van der Waals surface area contributed by atoms with Gasteiger partial charge in [-0.15, -0.1) is 0 Å². The molecule has 2 atom stereocenters. The minimum atomic E-state index is -0.512. The van der Waals surface area contributed by atoms with Crippen LogP contribution < -0.4 is 5.32 Å². The molecule has 0 radical (unpaired) electrons. The van der Waals surface area contributed by atoms with Crippen molar-refractivity contribution in [2.75, 3.05) is 20.3 Å². The van der Waals surface area contributed by atoms with E-state index in [1.165, 1.54) is 11.8 Å². The molecule has 0 saturated carbocycles. The van der Waals surface area contributed by atoms with Gasteiger partial charge in [-0.3, -0.25) is 14.6 Å². The van der Waals surface area contributed by atoms with Gasteiger partial charge < -0.3 is 10.1 Å². The normalized spacial score (nSPS) is 17.7. The molecule has 0 spiro atoms. The van der Waals surface area contributed by atoms with Crippen LogP contribution in [0, 0.1) is 0 Å². The molecule has 2 aromatic rings. The molecule has 0 aromatic heterocycles. The predicted molar refractivity (Wildman–Crippen MR) is 132 cm³/mol. The van der Waals surface area contributed by atoms with Crippen molar-refractivity contribution in [2.45, 2.75) is 37.5 Å². The average Bonchev–Trinajstić information content (AvgIpc) is 3.17. The number of carbonyl (C=O) groups excluding carboxylic acids is 2. The van der Waals surface area contributed by atoms with Crippen LogP contribution in [-0.2, 0) is 20.7 Å². The second-order valence-electron chi connectivity index (χ2n) is 7.90. The Kier molecular flexibility index (Phi) is 7.57. The van der Waals surface area contributed by atoms with Crippen molar-refractivity contribution < 1.29 is 14.3 Å². The fraction of sp³-hybridized carbons (Fsp3) is 0.360. The van der Waals surface area contributed by atoms with E-state index < -0.39 is 6.04 Å². The third-order valence-corrected chi connectivity index (χ3v) is 6.87. The molecule has 2 amide bonds. The molecular formula is C25H28N4O3S. The van der Waals surface area contributed by atoms with E-state index in [0.29, 0.717) is 37.0 Å². The van der Waals surface area contributed by atoms with Crippen molar-refractivity contribution in [3.8, 4) is 0 Å². The lowest BCUT2D eigenvalue weighted by Gasteiger charge is -2.27. The van der Waals surface area contributed by atoms with Crippen LogP contribution in [0.3, 0.4) is 0 Å². The number of aliphatic imine (C=N–C) groups is 2. The van der Waals surface area contributed by atoms with Crippen molar-refractivity contribution in [1.82, 2.24) is 10.2 Å². The van der Waals surface area contributed by atoms with E-state index in [1.54, 1.807) is 12.0 Å². The molecule has 2 heterocycles.